The first-order chi connectivity index (χ1) is 15.0. The molecule has 0 saturated heterocycles. The molecule has 0 spiro atoms. The maximum Gasteiger partial charge on any atom is 0.407 e. The van der Waals surface area contributed by atoms with Crippen molar-refractivity contribution < 1.29 is 18.3 Å². The van der Waals surface area contributed by atoms with Crippen LogP contribution in [0.25, 0.3) is 17.2 Å². The monoisotopic (exact) mass is 483 g/mol. The van der Waals surface area contributed by atoms with Gasteiger partial charge in [-0.1, -0.05) is 60.7 Å². The lowest BCUT2D eigenvalue weighted by molar-refractivity contribution is 0.143. The molecule has 1 aliphatic carbocycles. The van der Waals surface area contributed by atoms with E-state index in [2.05, 4.69) is 45.5 Å². The fourth-order valence-electron chi connectivity index (χ4n) is 3.78. The number of nitrogens with one attached hydrogen (secondary N) is 1. The molecule has 0 aromatic heterocycles. The van der Waals surface area contributed by atoms with Crippen LogP contribution in [-0.2, 0) is 4.74 Å². The van der Waals surface area contributed by atoms with Crippen molar-refractivity contribution in [3.05, 3.63) is 99.5 Å². The van der Waals surface area contributed by atoms with Crippen molar-refractivity contribution in [2.45, 2.75) is 12.3 Å². The standard InChI is InChI=1S/C25H20BrF2NO2/c26-22-14-23(27)16(13-24(22)28)7-5-6-12-29-25(30)31-15-21-19-10-3-1-8-17(19)18-9-2-4-11-20(18)21/h1-5,7-11,13-14,21H,6,12,15H2,(H,29,30). The zero-order chi connectivity index (χ0) is 21.8. The summed E-state index contributed by atoms with van der Waals surface area (Å²) in [5.74, 6) is -1.04. The van der Waals surface area contributed by atoms with E-state index in [1.54, 1.807) is 6.08 Å². The van der Waals surface area contributed by atoms with Gasteiger partial charge >= 0.3 is 6.09 Å². The van der Waals surface area contributed by atoms with Gasteiger partial charge in [0.25, 0.3) is 0 Å². The highest BCUT2D eigenvalue weighted by Gasteiger charge is 2.28. The van der Waals surface area contributed by atoms with Gasteiger partial charge in [0.05, 0.1) is 4.47 Å². The highest BCUT2D eigenvalue weighted by molar-refractivity contribution is 9.10. The van der Waals surface area contributed by atoms with Gasteiger partial charge in [0.1, 0.15) is 18.2 Å². The van der Waals surface area contributed by atoms with Crippen LogP contribution in [0.4, 0.5) is 13.6 Å². The predicted molar refractivity (Wildman–Crippen MR) is 121 cm³/mol. The highest BCUT2D eigenvalue weighted by Crippen LogP contribution is 2.44. The first-order valence-corrected chi connectivity index (χ1v) is 10.7. The second kappa shape index (κ2) is 9.43. The zero-order valence-electron chi connectivity index (χ0n) is 16.6. The van der Waals surface area contributed by atoms with E-state index in [-0.39, 0.29) is 22.6 Å². The first-order valence-electron chi connectivity index (χ1n) is 9.94. The van der Waals surface area contributed by atoms with Crippen LogP contribution in [0, 0.1) is 11.6 Å². The molecule has 6 heteroatoms. The van der Waals surface area contributed by atoms with Gasteiger partial charge in [-0.2, -0.15) is 0 Å². The third-order valence-electron chi connectivity index (χ3n) is 5.26. The molecule has 1 amide bonds. The predicted octanol–water partition coefficient (Wildman–Crippen LogP) is 6.67. The third-order valence-corrected chi connectivity index (χ3v) is 5.87. The molecule has 31 heavy (non-hydrogen) atoms. The lowest BCUT2D eigenvalue weighted by atomic mass is 9.98. The van der Waals surface area contributed by atoms with Gasteiger partial charge in [-0.15, -0.1) is 0 Å². The van der Waals surface area contributed by atoms with Crippen molar-refractivity contribution in [2.24, 2.45) is 0 Å². The van der Waals surface area contributed by atoms with Crippen molar-refractivity contribution >= 4 is 28.1 Å². The minimum atomic E-state index is -0.530. The molecule has 158 valence electrons. The molecule has 0 radical (unpaired) electrons. The minimum absolute atomic E-state index is 0.00771. The number of carbonyl (C=O) groups excluding carboxylic acids is 1. The molecule has 3 nitrogen and oxygen atoms in total. The van der Waals surface area contributed by atoms with Crippen molar-refractivity contribution in [1.82, 2.24) is 5.32 Å². The molecule has 4 rings (SSSR count). The van der Waals surface area contributed by atoms with Crippen LogP contribution >= 0.6 is 15.9 Å². The molecule has 0 atom stereocenters. The normalized spacial score (nSPS) is 12.6. The number of ether oxygens (including phenoxy) is 1. The van der Waals surface area contributed by atoms with Crippen LogP contribution in [0.3, 0.4) is 0 Å². The molecule has 1 aliphatic rings. The van der Waals surface area contributed by atoms with Crippen molar-refractivity contribution in [2.75, 3.05) is 13.2 Å². The number of hydrogen-bond donors (Lipinski definition) is 1. The van der Waals surface area contributed by atoms with Gasteiger partial charge in [-0.25, -0.2) is 13.6 Å². The van der Waals surface area contributed by atoms with Crippen LogP contribution in [0.1, 0.15) is 29.0 Å². The number of amides is 1. The SMILES string of the molecule is O=C(NCCC=Cc1cc(F)c(Br)cc1F)OCC1c2ccccc2-c2ccccc21. The summed E-state index contributed by atoms with van der Waals surface area (Å²) in [6.07, 6.45) is 3.12. The van der Waals surface area contributed by atoms with Crippen LogP contribution in [0.15, 0.2) is 71.2 Å². The molecule has 3 aromatic carbocycles. The number of hydrogen-bond acceptors (Lipinski definition) is 2. The Hall–Kier alpha value is -2.99. The van der Waals surface area contributed by atoms with E-state index in [4.69, 9.17) is 4.74 Å². The van der Waals surface area contributed by atoms with Crippen molar-refractivity contribution in [3.63, 3.8) is 0 Å². The number of alkyl carbamates (subject to hydrolysis) is 1. The summed E-state index contributed by atoms with van der Waals surface area (Å²) in [6.45, 7) is 0.576. The van der Waals surface area contributed by atoms with Gasteiger partial charge < -0.3 is 10.1 Å². The molecule has 0 aliphatic heterocycles. The van der Waals surface area contributed by atoms with Gasteiger partial charge in [-0.05, 0) is 56.7 Å². The molecular weight excluding hydrogens is 464 g/mol. The second-order valence-corrected chi connectivity index (χ2v) is 8.09. The summed E-state index contributed by atoms with van der Waals surface area (Å²) in [5, 5.41) is 2.69. The maximum absolute atomic E-state index is 13.8. The largest absolute Gasteiger partial charge is 0.449 e. The number of halogens is 3. The van der Waals surface area contributed by atoms with Crippen LogP contribution in [-0.4, -0.2) is 19.2 Å². The quantitative estimate of drug-likeness (QED) is 0.314. The molecule has 0 saturated carbocycles. The molecule has 0 heterocycles. The molecule has 0 unspecified atom stereocenters. The van der Waals surface area contributed by atoms with E-state index in [1.165, 1.54) is 17.2 Å². The van der Waals surface area contributed by atoms with Crippen LogP contribution in [0.2, 0.25) is 0 Å². The van der Waals surface area contributed by atoms with E-state index >= 15 is 0 Å². The van der Waals surface area contributed by atoms with Gasteiger partial charge in [0.2, 0.25) is 0 Å². The highest BCUT2D eigenvalue weighted by atomic mass is 79.9. The summed E-state index contributed by atoms with van der Waals surface area (Å²) in [5.41, 5.74) is 4.82. The average molecular weight is 484 g/mol. The average Bonchev–Trinajstić information content (AvgIpc) is 3.09. The molecule has 1 N–H and O–H groups in total. The number of rotatable bonds is 6. The fourth-order valence-corrected chi connectivity index (χ4v) is 4.10. The third kappa shape index (κ3) is 4.69. The lowest BCUT2D eigenvalue weighted by Gasteiger charge is -2.14. The fraction of sp³-hybridized carbons (Fsp3) is 0.160. The summed E-state index contributed by atoms with van der Waals surface area (Å²) in [6, 6.07) is 18.5. The Kier molecular flexibility index (Phi) is 6.47. The number of fused-ring (bicyclic) bond motifs is 3. The smallest absolute Gasteiger partial charge is 0.407 e. The van der Waals surface area contributed by atoms with E-state index in [0.717, 1.165) is 23.3 Å². The van der Waals surface area contributed by atoms with Crippen molar-refractivity contribution in [1.29, 1.82) is 0 Å². The van der Waals surface area contributed by atoms with Crippen LogP contribution in [0.5, 0.6) is 0 Å². The Morgan fingerprint density at radius 3 is 2.32 bits per heavy atom. The summed E-state index contributed by atoms with van der Waals surface area (Å²) < 4.78 is 32.9. The molecule has 3 aromatic rings. The van der Waals surface area contributed by atoms with E-state index in [1.807, 2.05) is 24.3 Å². The lowest BCUT2D eigenvalue weighted by Crippen LogP contribution is -2.26. The number of benzene rings is 3. The molecule has 0 bridgehead atoms. The summed E-state index contributed by atoms with van der Waals surface area (Å²) >= 11 is 2.95. The zero-order valence-corrected chi connectivity index (χ0v) is 18.2. The topological polar surface area (TPSA) is 38.3 Å². The Morgan fingerprint density at radius 2 is 1.65 bits per heavy atom. The Bertz CT molecular complexity index is 1100. The van der Waals surface area contributed by atoms with Crippen molar-refractivity contribution in [3.8, 4) is 11.1 Å². The second-order valence-electron chi connectivity index (χ2n) is 7.23. The first kappa shape index (κ1) is 21.2. The maximum atomic E-state index is 13.8. The summed E-state index contributed by atoms with van der Waals surface area (Å²) in [7, 11) is 0. The Balaban J connectivity index is 1.28. The number of carbonyl (C=O) groups is 1. The Labute approximate surface area is 187 Å². The minimum Gasteiger partial charge on any atom is -0.449 e. The Morgan fingerprint density at radius 1 is 1.00 bits per heavy atom. The van der Waals surface area contributed by atoms with Gasteiger partial charge in [0, 0.05) is 18.0 Å². The molecular formula is C25H20BrF2NO2. The van der Waals surface area contributed by atoms with E-state index in [0.29, 0.717) is 13.0 Å². The van der Waals surface area contributed by atoms with Crippen LogP contribution < -0.4 is 5.32 Å². The summed E-state index contributed by atoms with van der Waals surface area (Å²) in [4.78, 5) is 12.1. The van der Waals surface area contributed by atoms with E-state index in [9.17, 15) is 13.6 Å². The van der Waals surface area contributed by atoms with Gasteiger partial charge in [-0.3, -0.25) is 0 Å². The molecule has 0 fully saturated rings. The van der Waals surface area contributed by atoms with Gasteiger partial charge in [0.15, 0.2) is 0 Å². The van der Waals surface area contributed by atoms with E-state index < -0.39 is 17.7 Å².